The average molecular weight is 1890 g/mol. The predicted molar refractivity (Wildman–Crippen MR) is 620 cm³/mol. The smallest absolute Gasteiger partial charge is 0.151 e. The summed E-state index contributed by atoms with van der Waals surface area (Å²) in [5.41, 5.74) is 52.8. The van der Waals surface area contributed by atoms with E-state index in [1.54, 1.807) is 55.6 Å². The molecule has 23 rings (SSSR count). The minimum atomic E-state index is 0.900. The van der Waals surface area contributed by atoms with E-state index in [4.69, 9.17) is 4.74 Å². The fourth-order valence-corrected chi connectivity index (χ4v) is 22.7. The van der Waals surface area contributed by atoms with Crippen LogP contribution in [0.15, 0.2) is 317 Å². The van der Waals surface area contributed by atoms with E-state index in [2.05, 4.69) is 382 Å². The van der Waals surface area contributed by atoms with Gasteiger partial charge in [-0.05, 0) is 514 Å². The van der Waals surface area contributed by atoms with Crippen LogP contribution in [0.1, 0.15) is 241 Å². The molecular weight excluding hydrogens is 1740 g/mol. The van der Waals surface area contributed by atoms with Crippen LogP contribution in [0.25, 0.3) is 65.6 Å². The molecule has 6 aliphatic rings. The van der Waals surface area contributed by atoms with Crippen molar-refractivity contribution in [1.82, 2.24) is 4.57 Å². The van der Waals surface area contributed by atoms with Gasteiger partial charge in [-0.1, -0.05) is 240 Å². The lowest BCUT2D eigenvalue weighted by Crippen LogP contribution is -2.16. The minimum absolute atomic E-state index is 0.900. The van der Waals surface area contributed by atoms with E-state index in [0.29, 0.717) is 0 Å². The number of ether oxygens (including phenoxy) is 1. The Hall–Kier alpha value is -13.5. The van der Waals surface area contributed by atoms with E-state index in [-0.39, 0.29) is 0 Å². The predicted octanol–water partition coefficient (Wildman–Crippen LogP) is 37.9. The van der Waals surface area contributed by atoms with Crippen LogP contribution in [0, 0.1) is 69.2 Å². The lowest BCUT2D eigenvalue weighted by molar-refractivity contribution is 0.476. The Morgan fingerprint density at radius 1 is 0.257 bits per heavy atom. The number of unbranched alkanes of at least 4 members (excludes halogenated alkanes) is 10. The lowest BCUT2D eigenvalue weighted by Gasteiger charge is -2.34. The van der Waals surface area contributed by atoms with Crippen molar-refractivity contribution >= 4 is 77.5 Å². The molecule has 0 atom stereocenters. The van der Waals surface area contributed by atoms with Gasteiger partial charge in [0.2, 0.25) is 0 Å². The molecule has 0 radical (unpaired) electrons. The van der Waals surface area contributed by atoms with Gasteiger partial charge in [0.05, 0.1) is 11.4 Å². The molecule has 1 aromatic heterocycles. The van der Waals surface area contributed by atoms with Gasteiger partial charge in [-0.15, -0.1) is 19.7 Å². The summed E-state index contributed by atoms with van der Waals surface area (Å²) in [4.78, 5) is 4.72. The molecule has 0 N–H and O–H groups in total. The van der Waals surface area contributed by atoms with Crippen molar-refractivity contribution in [2.75, 3.05) is 9.80 Å². The number of aromatic nitrogens is 1. The number of rotatable bonds is 33. The first-order valence-electron chi connectivity index (χ1n) is 54.5. The summed E-state index contributed by atoms with van der Waals surface area (Å²) in [5, 5.41) is 8.53. The third-order valence-electron chi connectivity index (χ3n) is 31.7. The second-order valence-electron chi connectivity index (χ2n) is 42.7. The van der Waals surface area contributed by atoms with Gasteiger partial charge in [-0.3, -0.25) is 0 Å². The molecule has 17 aromatic rings. The molecule has 0 unspecified atom stereocenters. The van der Waals surface area contributed by atoms with Crippen LogP contribution >= 0.6 is 0 Å². The number of fused-ring (bicyclic) bond motifs is 13. The molecular formula is C140H149N3O. The molecule has 1 aliphatic heterocycles. The van der Waals surface area contributed by atoms with Crippen molar-refractivity contribution in [3.05, 3.63) is 462 Å². The second kappa shape index (κ2) is 46.0. The van der Waals surface area contributed by atoms with Gasteiger partial charge in [0, 0.05) is 51.1 Å². The molecule has 2 heterocycles. The monoisotopic (exact) mass is 1890 g/mol. The summed E-state index contributed by atoms with van der Waals surface area (Å²) in [5.74, 6) is 1.80. The average Bonchev–Trinajstić information content (AvgIpc) is 1.22. The van der Waals surface area contributed by atoms with Crippen molar-refractivity contribution in [2.24, 2.45) is 0 Å². The Morgan fingerprint density at radius 3 is 1.01 bits per heavy atom. The summed E-state index contributed by atoms with van der Waals surface area (Å²) < 4.78 is 8.93. The zero-order valence-corrected chi connectivity index (χ0v) is 87.8. The molecule has 0 spiro atoms. The maximum absolute atomic E-state index is 6.45. The van der Waals surface area contributed by atoms with E-state index in [1.165, 1.54) is 339 Å². The third-order valence-corrected chi connectivity index (χ3v) is 31.7. The summed E-state index contributed by atoms with van der Waals surface area (Å²) in [6, 6.07) is 105. The minimum Gasteiger partial charge on any atom is -0.453 e. The van der Waals surface area contributed by atoms with E-state index in [1.807, 2.05) is 18.2 Å². The topological polar surface area (TPSA) is 20.6 Å². The number of benzene rings is 16. The van der Waals surface area contributed by atoms with Crippen LogP contribution in [0.4, 0.5) is 34.1 Å². The van der Waals surface area contributed by atoms with Crippen LogP contribution in [0.2, 0.25) is 0 Å². The molecule has 0 bridgehead atoms. The quantitative estimate of drug-likeness (QED) is 0.0232. The number of nitrogens with zero attached hydrogens (tertiary/aromatic N) is 3. The highest BCUT2D eigenvalue weighted by molar-refractivity contribution is 6.12. The first-order valence-corrected chi connectivity index (χ1v) is 54.5. The van der Waals surface area contributed by atoms with Gasteiger partial charge in [-0.2, -0.15) is 0 Å². The second-order valence-corrected chi connectivity index (χ2v) is 42.7. The molecule has 144 heavy (non-hydrogen) atoms. The van der Waals surface area contributed by atoms with E-state index >= 15 is 0 Å². The number of aryl methyl sites for hydroxylation is 27. The summed E-state index contributed by atoms with van der Waals surface area (Å²) in [6.45, 7) is 34.6. The number of anilines is 6. The van der Waals surface area contributed by atoms with Gasteiger partial charge in [0.15, 0.2) is 11.5 Å². The zero-order chi connectivity index (χ0) is 99.3. The first-order chi connectivity index (χ1) is 70.3. The molecule has 0 saturated carbocycles. The summed E-state index contributed by atoms with van der Waals surface area (Å²) >= 11 is 0. The molecule has 0 fully saturated rings. The Labute approximate surface area is 860 Å². The zero-order valence-electron chi connectivity index (χ0n) is 87.8. The molecule has 4 nitrogen and oxygen atoms in total. The van der Waals surface area contributed by atoms with Crippen molar-refractivity contribution in [3.8, 4) is 33.8 Å². The van der Waals surface area contributed by atoms with Gasteiger partial charge < -0.3 is 19.1 Å². The fourth-order valence-electron chi connectivity index (χ4n) is 22.7. The Balaban J connectivity index is 0.000000116. The molecule has 16 aromatic carbocycles. The molecule has 5 aliphatic carbocycles. The Bertz CT molecular complexity index is 7150. The highest BCUT2D eigenvalue weighted by atomic mass is 16.5. The first kappa shape index (κ1) is 99.2. The van der Waals surface area contributed by atoms with Gasteiger partial charge in [0.1, 0.15) is 0 Å². The van der Waals surface area contributed by atoms with Gasteiger partial charge in [-0.25, -0.2) is 0 Å². The summed E-state index contributed by atoms with van der Waals surface area (Å²) in [6.07, 6.45) is 44.4. The van der Waals surface area contributed by atoms with Gasteiger partial charge in [0.25, 0.3) is 0 Å². The Kier molecular flexibility index (Phi) is 31.7. The van der Waals surface area contributed by atoms with Crippen LogP contribution in [0.3, 0.4) is 0 Å². The Morgan fingerprint density at radius 2 is 0.604 bits per heavy atom. The number of hydrogen-bond donors (Lipinski definition) is 0. The van der Waals surface area contributed by atoms with E-state index in [9.17, 15) is 0 Å². The SMILES string of the molecule is C=CCCCCc1c(CCCCC=C)c2cc(C)ccc2c2ccc(C)cc12.C=CCCCCn1c2ccc(C)cc2c2cc(C)ccc21.Cc1cc(CCCCCc2ccc3c(c2)CC3)c(C)cc1CCCCCc1ccc2c(c1)CC2.Cc1ccc(N(c2ccc(C)cc2)c2ccc3c(c2)CC3)cc1.Cc1ccc2c(c1)Oc1cc(C)ccc1N2c1cc(-c2ccc3c(c2)CC3)cc(-c2ccc3c(c2)CC3)c1. The van der Waals surface area contributed by atoms with Crippen molar-refractivity contribution in [3.63, 3.8) is 0 Å². The molecule has 0 saturated heterocycles. The fraction of sp³-hybridized carbons (Fsp3) is 0.300. The van der Waals surface area contributed by atoms with Crippen LogP contribution in [-0.2, 0) is 109 Å². The largest absolute Gasteiger partial charge is 0.453 e. The summed E-state index contributed by atoms with van der Waals surface area (Å²) in [7, 11) is 0. The maximum Gasteiger partial charge on any atom is 0.151 e. The number of allylic oxidation sites excluding steroid dienone is 3. The maximum atomic E-state index is 6.45. The van der Waals surface area contributed by atoms with Crippen LogP contribution < -0.4 is 14.5 Å². The van der Waals surface area contributed by atoms with Crippen LogP contribution in [0.5, 0.6) is 11.5 Å². The molecule has 730 valence electrons. The standard InChI is InChI=1S/C36H29NO.C34H42.C28H34.C22H21N.C20H23N/c1-22-3-13-33-35(15-22)38-36-16-23(2)4-14-34(36)37(33)32-20-30(28-11-7-24-5-9-26(24)17-28)19-31(21-32)29-12-8-25-6-10-27(25)18-29;1-25-21-32(12-8-4-6-10-28-14-16-30-18-20-34(30)24-28)26(2)22-31(25)11-7-3-5-9-27-13-15-29-17-19-33(29)23-27;1-5-7-9-11-13-23-24(14-12-10-8-6-2)28-20-22(4)16-18-26(28)25-17-15-21(3)19-27(23)25;1-16-3-10-20(11-4-16)23(21-12-5-17(2)6-13-21)22-14-9-18-7-8-19(18)15-22;1-4-5-6-7-12-21-19-10-8-15(2)13-17(19)18-14-16(3)9-11-20(18)21/h3-4,7-8,11-21H,5-6,9-10H2,1-2H3;13-16,21-24H,3-12,17-20H2,1-2H3;5-6,15-20H,1-2,7-14H2,3-4H3;3-6,9-15H,7-8H2,1-2H3;4,8-11,13-14H,1,5-7,12H2,2-3H3. The van der Waals surface area contributed by atoms with Crippen molar-refractivity contribution in [1.29, 1.82) is 0 Å². The normalized spacial score (nSPS) is 12.8. The van der Waals surface area contributed by atoms with Crippen LogP contribution in [-0.4, -0.2) is 4.57 Å². The molecule has 4 heteroatoms. The highest BCUT2D eigenvalue weighted by Gasteiger charge is 2.30. The highest BCUT2D eigenvalue weighted by Crippen LogP contribution is 2.53. The third kappa shape index (κ3) is 23.1. The van der Waals surface area contributed by atoms with Gasteiger partial charge >= 0.3 is 0 Å². The number of hydrogen-bond acceptors (Lipinski definition) is 3. The van der Waals surface area contributed by atoms with E-state index in [0.717, 1.165) is 67.2 Å². The van der Waals surface area contributed by atoms with Crippen molar-refractivity contribution in [2.45, 2.75) is 275 Å². The lowest BCUT2D eigenvalue weighted by atomic mass is 9.84. The van der Waals surface area contributed by atoms with Crippen molar-refractivity contribution < 1.29 is 4.74 Å². The van der Waals surface area contributed by atoms with E-state index < -0.39 is 0 Å². The molecule has 0 amide bonds.